The normalized spacial score (nSPS) is 12.2. The molecule has 0 aliphatic carbocycles. The molecule has 1 atom stereocenters. The Kier molecular flexibility index (Phi) is 5.79. The second-order valence-corrected chi connectivity index (χ2v) is 6.17. The summed E-state index contributed by atoms with van der Waals surface area (Å²) in [5, 5.41) is 12.7. The Labute approximate surface area is 137 Å². The number of aliphatic hydroxyl groups is 1. The van der Waals surface area contributed by atoms with E-state index in [0.29, 0.717) is 40.5 Å². The average Bonchev–Trinajstić information content (AvgIpc) is 2.91. The molecule has 0 saturated heterocycles. The average molecular weight is 340 g/mol. The van der Waals surface area contributed by atoms with Crippen LogP contribution in [-0.2, 0) is 0 Å². The third-order valence-electron chi connectivity index (χ3n) is 3.40. The van der Waals surface area contributed by atoms with Gasteiger partial charge in [-0.15, -0.1) is 11.3 Å². The van der Waals surface area contributed by atoms with E-state index in [0.717, 1.165) is 23.5 Å². The maximum absolute atomic E-state index is 13.3. The molecule has 23 heavy (non-hydrogen) atoms. The summed E-state index contributed by atoms with van der Waals surface area (Å²) in [6.07, 6.45) is 0.682. The largest absolute Gasteiger partial charge is 0.393 e. The van der Waals surface area contributed by atoms with E-state index < -0.39 is 17.7 Å². The SMILES string of the molecule is CCC(O)CCNC(=O)c1sc(-c2ccc(F)c(F)c2)nc1C. The first-order valence-corrected chi connectivity index (χ1v) is 8.13. The van der Waals surface area contributed by atoms with Gasteiger partial charge in [0.15, 0.2) is 11.6 Å². The van der Waals surface area contributed by atoms with E-state index >= 15 is 0 Å². The fourth-order valence-corrected chi connectivity index (χ4v) is 2.98. The van der Waals surface area contributed by atoms with Crippen LogP contribution in [0.15, 0.2) is 18.2 Å². The quantitative estimate of drug-likeness (QED) is 0.848. The summed E-state index contributed by atoms with van der Waals surface area (Å²) in [6.45, 7) is 3.93. The van der Waals surface area contributed by atoms with Crippen molar-refractivity contribution >= 4 is 17.2 Å². The van der Waals surface area contributed by atoms with E-state index in [1.807, 2.05) is 6.92 Å². The second kappa shape index (κ2) is 7.61. The van der Waals surface area contributed by atoms with E-state index in [-0.39, 0.29) is 5.91 Å². The molecule has 1 unspecified atom stereocenters. The molecule has 124 valence electrons. The maximum Gasteiger partial charge on any atom is 0.263 e. The van der Waals surface area contributed by atoms with Crippen molar-refractivity contribution in [1.82, 2.24) is 10.3 Å². The first-order valence-electron chi connectivity index (χ1n) is 7.31. The van der Waals surface area contributed by atoms with Crippen molar-refractivity contribution in [2.45, 2.75) is 32.8 Å². The predicted molar refractivity (Wildman–Crippen MR) is 85.5 cm³/mol. The van der Waals surface area contributed by atoms with Gasteiger partial charge >= 0.3 is 0 Å². The summed E-state index contributed by atoms with van der Waals surface area (Å²) < 4.78 is 26.3. The van der Waals surface area contributed by atoms with Crippen molar-refractivity contribution in [1.29, 1.82) is 0 Å². The number of hydrogen-bond acceptors (Lipinski definition) is 4. The lowest BCUT2D eigenvalue weighted by molar-refractivity contribution is 0.0945. The Morgan fingerprint density at radius 3 is 2.78 bits per heavy atom. The Hall–Kier alpha value is -1.86. The molecule has 0 radical (unpaired) electrons. The molecule has 1 aromatic carbocycles. The Balaban J connectivity index is 2.11. The van der Waals surface area contributed by atoms with Crippen LogP contribution in [0.2, 0.25) is 0 Å². The summed E-state index contributed by atoms with van der Waals surface area (Å²) >= 11 is 1.13. The van der Waals surface area contributed by atoms with Gasteiger partial charge in [-0.2, -0.15) is 0 Å². The minimum absolute atomic E-state index is 0.280. The first-order chi connectivity index (χ1) is 10.9. The van der Waals surface area contributed by atoms with Crippen LogP contribution in [0.3, 0.4) is 0 Å². The lowest BCUT2D eigenvalue weighted by Crippen LogP contribution is -2.26. The number of benzene rings is 1. The highest BCUT2D eigenvalue weighted by Gasteiger charge is 2.17. The smallest absolute Gasteiger partial charge is 0.263 e. The zero-order valence-corrected chi connectivity index (χ0v) is 13.7. The number of halogens is 2. The Morgan fingerprint density at radius 2 is 2.13 bits per heavy atom. The fourth-order valence-electron chi connectivity index (χ4n) is 2.00. The highest BCUT2D eigenvalue weighted by Crippen LogP contribution is 2.28. The third-order valence-corrected chi connectivity index (χ3v) is 4.61. The first kappa shape index (κ1) is 17.5. The number of thiazole rings is 1. The molecule has 2 rings (SSSR count). The second-order valence-electron chi connectivity index (χ2n) is 5.17. The highest BCUT2D eigenvalue weighted by atomic mass is 32.1. The molecule has 0 aliphatic rings. The van der Waals surface area contributed by atoms with Gasteiger partial charge in [-0.05, 0) is 38.0 Å². The molecule has 0 fully saturated rings. The molecule has 0 saturated carbocycles. The van der Waals surface area contributed by atoms with Gasteiger partial charge in [-0.1, -0.05) is 6.92 Å². The van der Waals surface area contributed by atoms with Crippen LogP contribution in [0.1, 0.15) is 35.1 Å². The van der Waals surface area contributed by atoms with Gasteiger partial charge in [0.1, 0.15) is 9.88 Å². The van der Waals surface area contributed by atoms with Crippen LogP contribution in [0.5, 0.6) is 0 Å². The van der Waals surface area contributed by atoms with Crippen molar-refractivity contribution in [3.05, 3.63) is 40.4 Å². The summed E-state index contributed by atoms with van der Waals surface area (Å²) in [6, 6.07) is 3.52. The van der Waals surface area contributed by atoms with Crippen LogP contribution in [0, 0.1) is 18.6 Å². The zero-order chi connectivity index (χ0) is 17.0. The van der Waals surface area contributed by atoms with Crippen LogP contribution < -0.4 is 5.32 Å². The molecule has 2 N–H and O–H groups in total. The van der Waals surface area contributed by atoms with Gasteiger partial charge in [-0.3, -0.25) is 4.79 Å². The fraction of sp³-hybridized carbons (Fsp3) is 0.375. The van der Waals surface area contributed by atoms with Crippen molar-refractivity contribution in [2.24, 2.45) is 0 Å². The van der Waals surface area contributed by atoms with Crippen molar-refractivity contribution in [3.63, 3.8) is 0 Å². The van der Waals surface area contributed by atoms with Gasteiger partial charge in [-0.25, -0.2) is 13.8 Å². The summed E-state index contributed by atoms with van der Waals surface area (Å²) in [7, 11) is 0. The van der Waals surface area contributed by atoms with Gasteiger partial charge in [0, 0.05) is 12.1 Å². The monoisotopic (exact) mass is 340 g/mol. The standard InChI is InChI=1S/C16H18F2N2O2S/c1-3-11(21)6-7-19-15(22)14-9(2)20-16(23-14)10-4-5-12(17)13(18)8-10/h4-5,8,11,21H,3,6-7H2,1-2H3,(H,19,22). The molecule has 1 amide bonds. The van der Waals surface area contributed by atoms with E-state index in [1.54, 1.807) is 6.92 Å². The molecular formula is C16H18F2N2O2S. The Bertz CT molecular complexity index is 703. The van der Waals surface area contributed by atoms with Crippen molar-refractivity contribution < 1.29 is 18.7 Å². The number of nitrogens with one attached hydrogen (secondary N) is 1. The number of hydrogen-bond donors (Lipinski definition) is 2. The Morgan fingerprint density at radius 1 is 1.39 bits per heavy atom. The number of nitrogens with zero attached hydrogens (tertiary/aromatic N) is 1. The highest BCUT2D eigenvalue weighted by molar-refractivity contribution is 7.17. The number of rotatable bonds is 6. The summed E-state index contributed by atoms with van der Waals surface area (Å²) in [4.78, 5) is 16.8. The molecule has 0 spiro atoms. The third kappa shape index (κ3) is 4.33. The lowest BCUT2D eigenvalue weighted by Gasteiger charge is -2.08. The molecule has 1 aromatic heterocycles. The molecule has 1 heterocycles. The number of aliphatic hydroxyl groups excluding tert-OH is 1. The van der Waals surface area contributed by atoms with Crippen molar-refractivity contribution in [2.75, 3.05) is 6.54 Å². The number of aryl methyl sites for hydroxylation is 1. The number of aromatic nitrogens is 1. The van der Waals surface area contributed by atoms with Crippen LogP contribution in [0.4, 0.5) is 8.78 Å². The van der Waals surface area contributed by atoms with Crippen LogP contribution in [-0.4, -0.2) is 28.6 Å². The maximum atomic E-state index is 13.3. The molecule has 7 heteroatoms. The summed E-state index contributed by atoms with van der Waals surface area (Å²) in [5.74, 6) is -2.15. The van der Waals surface area contributed by atoms with Gasteiger partial charge in [0.2, 0.25) is 0 Å². The molecule has 4 nitrogen and oxygen atoms in total. The number of amides is 1. The topological polar surface area (TPSA) is 62.2 Å². The zero-order valence-electron chi connectivity index (χ0n) is 12.9. The minimum atomic E-state index is -0.949. The van der Waals surface area contributed by atoms with E-state index in [4.69, 9.17) is 0 Å². The van der Waals surface area contributed by atoms with Crippen LogP contribution in [0.25, 0.3) is 10.6 Å². The molecule has 2 aromatic rings. The molecule has 0 aliphatic heterocycles. The van der Waals surface area contributed by atoms with Gasteiger partial charge in [0.05, 0.1) is 11.8 Å². The minimum Gasteiger partial charge on any atom is -0.393 e. The summed E-state index contributed by atoms with van der Waals surface area (Å²) in [5.41, 5.74) is 0.959. The van der Waals surface area contributed by atoms with Crippen LogP contribution >= 0.6 is 11.3 Å². The van der Waals surface area contributed by atoms with E-state index in [2.05, 4.69) is 10.3 Å². The number of carbonyl (C=O) groups excluding carboxylic acids is 1. The number of carbonyl (C=O) groups is 1. The molecular weight excluding hydrogens is 322 g/mol. The van der Waals surface area contributed by atoms with Crippen molar-refractivity contribution in [3.8, 4) is 10.6 Å². The predicted octanol–water partition coefficient (Wildman–Crippen LogP) is 3.29. The van der Waals surface area contributed by atoms with E-state index in [1.165, 1.54) is 6.07 Å². The van der Waals surface area contributed by atoms with Gasteiger partial charge in [0.25, 0.3) is 5.91 Å². The lowest BCUT2D eigenvalue weighted by atomic mass is 10.2. The molecule has 0 bridgehead atoms. The van der Waals surface area contributed by atoms with Gasteiger partial charge < -0.3 is 10.4 Å². The van der Waals surface area contributed by atoms with E-state index in [9.17, 15) is 18.7 Å².